The molecule has 1 saturated carbocycles. The monoisotopic (exact) mass is 171 g/mol. The lowest BCUT2D eigenvalue weighted by molar-refractivity contribution is 0.177. The molecule has 0 amide bonds. The molecule has 0 aliphatic heterocycles. The van der Waals surface area contributed by atoms with E-state index in [-0.39, 0.29) is 6.10 Å². The van der Waals surface area contributed by atoms with Crippen molar-refractivity contribution in [2.75, 3.05) is 6.54 Å². The van der Waals surface area contributed by atoms with Gasteiger partial charge in [-0.25, -0.2) is 0 Å². The highest BCUT2D eigenvalue weighted by molar-refractivity contribution is 4.76. The maximum Gasteiger partial charge on any atom is 0.0636 e. The van der Waals surface area contributed by atoms with Crippen LogP contribution in [0, 0.1) is 5.92 Å². The van der Waals surface area contributed by atoms with Crippen molar-refractivity contribution in [3.05, 3.63) is 0 Å². The molecule has 0 aromatic rings. The molecule has 12 heavy (non-hydrogen) atoms. The molecule has 1 aliphatic rings. The largest absolute Gasteiger partial charge is 0.392 e. The maximum atomic E-state index is 9.09. The molecule has 1 aliphatic carbocycles. The minimum Gasteiger partial charge on any atom is -0.392 e. The summed E-state index contributed by atoms with van der Waals surface area (Å²) in [5.74, 6) is 0.866. The maximum absolute atomic E-state index is 9.09. The van der Waals surface area contributed by atoms with Crippen LogP contribution in [0.25, 0.3) is 0 Å². The van der Waals surface area contributed by atoms with Crippen LogP contribution in [0.5, 0.6) is 0 Å². The molecule has 2 heteroatoms. The lowest BCUT2D eigenvalue weighted by Crippen LogP contribution is -2.37. The third-order valence-corrected chi connectivity index (χ3v) is 2.64. The van der Waals surface area contributed by atoms with Gasteiger partial charge in [0.1, 0.15) is 0 Å². The molecule has 0 heterocycles. The Morgan fingerprint density at radius 1 is 1.50 bits per heavy atom. The van der Waals surface area contributed by atoms with Crippen LogP contribution in [0.15, 0.2) is 0 Å². The van der Waals surface area contributed by atoms with Crippen molar-refractivity contribution in [2.24, 2.45) is 5.92 Å². The van der Waals surface area contributed by atoms with E-state index >= 15 is 0 Å². The first-order valence-corrected chi connectivity index (χ1v) is 5.10. The molecule has 0 bridgehead atoms. The first-order valence-electron chi connectivity index (χ1n) is 5.10. The zero-order valence-electron chi connectivity index (χ0n) is 8.21. The van der Waals surface area contributed by atoms with Crippen LogP contribution < -0.4 is 5.32 Å². The van der Waals surface area contributed by atoms with E-state index in [2.05, 4.69) is 12.2 Å². The van der Waals surface area contributed by atoms with Crippen LogP contribution in [0.2, 0.25) is 0 Å². The summed E-state index contributed by atoms with van der Waals surface area (Å²) in [5, 5.41) is 12.5. The molecule has 0 saturated heterocycles. The van der Waals surface area contributed by atoms with Crippen molar-refractivity contribution in [1.82, 2.24) is 5.32 Å². The van der Waals surface area contributed by atoms with Gasteiger partial charge in [-0.15, -0.1) is 0 Å². The SMILES string of the molecule is C[C@H]1CCC[C@@H](NC[C@@H](C)O)C1. The van der Waals surface area contributed by atoms with Gasteiger partial charge in [0.05, 0.1) is 6.10 Å². The Kier molecular flexibility index (Phi) is 4.02. The second kappa shape index (κ2) is 4.83. The molecular weight excluding hydrogens is 150 g/mol. The molecular formula is C10H21NO. The Balaban J connectivity index is 2.14. The van der Waals surface area contributed by atoms with Gasteiger partial charge in [0.2, 0.25) is 0 Å². The highest BCUT2D eigenvalue weighted by atomic mass is 16.3. The van der Waals surface area contributed by atoms with E-state index in [0.29, 0.717) is 6.04 Å². The molecule has 0 unspecified atom stereocenters. The van der Waals surface area contributed by atoms with Crippen molar-refractivity contribution in [2.45, 2.75) is 51.7 Å². The fourth-order valence-corrected chi connectivity index (χ4v) is 1.96. The standard InChI is InChI=1S/C10H21NO/c1-8-4-3-5-10(6-8)11-7-9(2)12/h8-12H,3-7H2,1-2H3/t8-,9+,10+/m0/s1. The summed E-state index contributed by atoms with van der Waals surface area (Å²) in [4.78, 5) is 0. The molecule has 3 atom stereocenters. The molecule has 2 nitrogen and oxygen atoms in total. The van der Waals surface area contributed by atoms with Gasteiger partial charge in [0, 0.05) is 12.6 Å². The number of nitrogens with one attached hydrogen (secondary N) is 1. The van der Waals surface area contributed by atoms with Gasteiger partial charge in [0.15, 0.2) is 0 Å². The van der Waals surface area contributed by atoms with E-state index in [9.17, 15) is 0 Å². The topological polar surface area (TPSA) is 32.3 Å². The number of aliphatic hydroxyl groups excluding tert-OH is 1. The zero-order valence-corrected chi connectivity index (χ0v) is 8.21. The van der Waals surface area contributed by atoms with E-state index in [4.69, 9.17) is 5.11 Å². The van der Waals surface area contributed by atoms with Gasteiger partial charge in [-0.05, 0) is 25.7 Å². The second-order valence-corrected chi connectivity index (χ2v) is 4.23. The Bertz CT molecular complexity index is 125. The van der Waals surface area contributed by atoms with Crippen molar-refractivity contribution in [3.63, 3.8) is 0 Å². The predicted molar refractivity (Wildman–Crippen MR) is 51.1 cm³/mol. The first-order chi connectivity index (χ1) is 5.68. The lowest BCUT2D eigenvalue weighted by atomic mass is 9.87. The quantitative estimate of drug-likeness (QED) is 0.675. The summed E-state index contributed by atoms with van der Waals surface area (Å²) in [6.07, 6.45) is 5.09. The molecule has 1 rings (SSSR count). The molecule has 2 N–H and O–H groups in total. The Hall–Kier alpha value is -0.0800. The van der Waals surface area contributed by atoms with Crippen molar-refractivity contribution < 1.29 is 5.11 Å². The average Bonchev–Trinajstić information content (AvgIpc) is 2.01. The van der Waals surface area contributed by atoms with Crippen LogP contribution in [-0.4, -0.2) is 23.8 Å². The highest BCUT2D eigenvalue weighted by Crippen LogP contribution is 2.23. The summed E-state index contributed by atoms with van der Waals surface area (Å²) < 4.78 is 0. The second-order valence-electron chi connectivity index (χ2n) is 4.23. The van der Waals surface area contributed by atoms with Crippen molar-refractivity contribution in [3.8, 4) is 0 Å². The fraction of sp³-hybridized carbons (Fsp3) is 1.00. The van der Waals surface area contributed by atoms with E-state index in [1.165, 1.54) is 25.7 Å². The highest BCUT2D eigenvalue weighted by Gasteiger charge is 2.18. The predicted octanol–water partition coefficient (Wildman–Crippen LogP) is 1.54. The molecule has 1 fully saturated rings. The van der Waals surface area contributed by atoms with E-state index in [0.717, 1.165) is 12.5 Å². The minimum atomic E-state index is -0.206. The normalized spacial score (nSPS) is 33.2. The third-order valence-electron chi connectivity index (χ3n) is 2.64. The van der Waals surface area contributed by atoms with Gasteiger partial charge < -0.3 is 10.4 Å². The summed E-state index contributed by atoms with van der Waals surface area (Å²) >= 11 is 0. The summed E-state index contributed by atoms with van der Waals surface area (Å²) in [6.45, 7) is 4.90. The van der Waals surface area contributed by atoms with Gasteiger partial charge in [-0.2, -0.15) is 0 Å². The Morgan fingerprint density at radius 2 is 2.25 bits per heavy atom. The van der Waals surface area contributed by atoms with Gasteiger partial charge in [-0.3, -0.25) is 0 Å². The molecule has 0 radical (unpaired) electrons. The Labute approximate surface area is 75.4 Å². The smallest absolute Gasteiger partial charge is 0.0636 e. The minimum absolute atomic E-state index is 0.206. The van der Waals surface area contributed by atoms with Crippen molar-refractivity contribution >= 4 is 0 Å². The van der Waals surface area contributed by atoms with Crippen LogP contribution >= 0.6 is 0 Å². The lowest BCUT2D eigenvalue weighted by Gasteiger charge is -2.28. The Morgan fingerprint density at radius 3 is 2.83 bits per heavy atom. The third kappa shape index (κ3) is 3.55. The number of aliphatic hydroxyl groups is 1. The van der Waals surface area contributed by atoms with Crippen LogP contribution in [0.3, 0.4) is 0 Å². The molecule has 0 spiro atoms. The fourth-order valence-electron chi connectivity index (χ4n) is 1.96. The summed E-state index contributed by atoms with van der Waals surface area (Å²) in [5.41, 5.74) is 0. The molecule has 0 aromatic carbocycles. The molecule has 72 valence electrons. The summed E-state index contributed by atoms with van der Waals surface area (Å²) in [7, 11) is 0. The van der Waals surface area contributed by atoms with E-state index in [1.54, 1.807) is 0 Å². The van der Waals surface area contributed by atoms with Crippen LogP contribution in [0.4, 0.5) is 0 Å². The van der Waals surface area contributed by atoms with Gasteiger partial charge >= 0.3 is 0 Å². The number of rotatable bonds is 3. The average molecular weight is 171 g/mol. The first kappa shape index (κ1) is 10.0. The number of hydrogen-bond donors (Lipinski definition) is 2. The molecule has 0 aromatic heterocycles. The summed E-state index contributed by atoms with van der Waals surface area (Å²) in [6, 6.07) is 0.656. The van der Waals surface area contributed by atoms with Gasteiger partial charge in [-0.1, -0.05) is 19.8 Å². The van der Waals surface area contributed by atoms with Crippen molar-refractivity contribution in [1.29, 1.82) is 0 Å². The van der Waals surface area contributed by atoms with Crippen LogP contribution in [0.1, 0.15) is 39.5 Å². The zero-order chi connectivity index (χ0) is 8.97. The van der Waals surface area contributed by atoms with Crippen LogP contribution in [-0.2, 0) is 0 Å². The van der Waals surface area contributed by atoms with E-state index in [1.807, 2.05) is 6.92 Å². The number of hydrogen-bond acceptors (Lipinski definition) is 2. The van der Waals surface area contributed by atoms with E-state index < -0.39 is 0 Å². The van der Waals surface area contributed by atoms with Gasteiger partial charge in [0.25, 0.3) is 0 Å².